The first-order valence-corrected chi connectivity index (χ1v) is 12.4. The zero-order valence-corrected chi connectivity index (χ0v) is 15.8. The minimum Gasteiger partial charge on any atom is -0.508 e. The van der Waals surface area contributed by atoms with Crippen molar-refractivity contribution in [2.75, 3.05) is 6.61 Å². The minimum atomic E-state index is -1.09. The van der Waals surface area contributed by atoms with E-state index in [1.54, 1.807) is 12.1 Å². The summed E-state index contributed by atoms with van der Waals surface area (Å²) in [7, 11) is -1.09. The molecule has 2 aromatic rings. The third-order valence-electron chi connectivity index (χ3n) is 4.49. The molecule has 1 aliphatic carbocycles. The number of phenolic OH excluding ortho intramolecular Hbond substituents is 1. The minimum absolute atomic E-state index is 0.260. The van der Waals surface area contributed by atoms with Crippen LogP contribution in [0.3, 0.4) is 0 Å². The smallest absolute Gasteiger partial charge is 0.160 e. The van der Waals surface area contributed by atoms with Crippen molar-refractivity contribution in [3.05, 3.63) is 30.1 Å². The monoisotopic (exact) mass is 345 g/mol. The summed E-state index contributed by atoms with van der Waals surface area (Å²) in [6, 6.07) is 8.27. The number of hydrogen-bond donors (Lipinski definition) is 1. The molecule has 1 saturated carbocycles. The summed E-state index contributed by atoms with van der Waals surface area (Å²) in [6.45, 7) is 8.25. The number of ether oxygens (including phenoxy) is 1. The largest absolute Gasteiger partial charge is 0.508 e. The Morgan fingerprint density at radius 2 is 1.92 bits per heavy atom. The Bertz CT molecular complexity index is 673. The maximum Gasteiger partial charge on any atom is 0.160 e. The fourth-order valence-corrected chi connectivity index (χ4v) is 3.40. The second kappa shape index (κ2) is 7.07. The van der Waals surface area contributed by atoms with Crippen molar-refractivity contribution >= 4 is 8.07 Å². The molecule has 130 valence electrons. The molecule has 0 atom stereocenters. The van der Waals surface area contributed by atoms with E-state index in [0.29, 0.717) is 12.6 Å². The lowest BCUT2D eigenvalue weighted by Crippen LogP contribution is -2.22. The van der Waals surface area contributed by atoms with Crippen molar-refractivity contribution in [3.63, 3.8) is 0 Å². The second-order valence-electron chi connectivity index (χ2n) is 7.82. The molecule has 1 aromatic carbocycles. The van der Waals surface area contributed by atoms with Gasteiger partial charge in [-0.2, -0.15) is 5.10 Å². The first kappa shape index (κ1) is 17.2. The number of nitrogens with zero attached hydrogens (tertiary/aromatic N) is 3. The van der Waals surface area contributed by atoms with Crippen LogP contribution in [-0.4, -0.2) is 34.6 Å². The number of aromatic hydroxyl groups is 1. The molecule has 1 N–H and O–H groups in total. The summed E-state index contributed by atoms with van der Waals surface area (Å²) in [4.78, 5) is 4.76. The highest BCUT2D eigenvalue weighted by Crippen LogP contribution is 2.35. The molecule has 0 saturated heterocycles. The first-order chi connectivity index (χ1) is 11.4. The van der Waals surface area contributed by atoms with Gasteiger partial charge in [0.15, 0.2) is 11.6 Å². The first-order valence-electron chi connectivity index (χ1n) is 8.74. The van der Waals surface area contributed by atoms with Gasteiger partial charge < -0.3 is 9.84 Å². The van der Waals surface area contributed by atoms with Crippen LogP contribution in [0.1, 0.15) is 31.0 Å². The maximum absolute atomic E-state index is 9.50. The molecule has 0 aliphatic heterocycles. The van der Waals surface area contributed by atoms with Gasteiger partial charge in [0.25, 0.3) is 0 Å². The molecule has 1 heterocycles. The van der Waals surface area contributed by atoms with E-state index >= 15 is 0 Å². The highest BCUT2D eigenvalue weighted by Gasteiger charge is 2.25. The van der Waals surface area contributed by atoms with E-state index in [4.69, 9.17) is 14.8 Å². The molecule has 1 aliphatic rings. The van der Waals surface area contributed by atoms with Gasteiger partial charge in [-0.25, -0.2) is 9.67 Å². The van der Waals surface area contributed by atoms with Gasteiger partial charge >= 0.3 is 0 Å². The highest BCUT2D eigenvalue weighted by atomic mass is 28.3. The molecule has 0 amide bonds. The van der Waals surface area contributed by atoms with Crippen LogP contribution in [0.5, 0.6) is 5.75 Å². The molecule has 0 bridgehead atoms. The summed E-state index contributed by atoms with van der Waals surface area (Å²) in [5.74, 6) is 2.50. The quantitative estimate of drug-likeness (QED) is 0.602. The molecule has 0 unspecified atom stereocenters. The molecule has 1 aromatic heterocycles. The van der Waals surface area contributed by atoms with Crippen molar-refractivity contribution in [2.45, 2.75) is 57.6 Å². The van der Waals surface area contributed by atoms with Gasteiger partial charge in [-0.05, 0) is 43.2 Å². The number of benzene rings is 1. The van der Waals surface area contributed by atoms with Crippen LogP contribution in [0.4, 0.5) is 0 Å². The predicted octanol–water partition coefficient (Wildman–Crippen LogP) is 4.23. The predicted molar refractivity (Wildman–Crippen MR) is 97.8 cm³/mol. The fourth-order valence-electron chi connectivity index (χ4n) is 2.64. The standard InChI is InChI=1S/C18H27N3O2Si/c1-24(2,3)12-11-23-13-21-18(15-7-9-16(22)10-8-15)19-17(20-21)14-5-4-6-14/h7-10,14,22H,4-6,11-13H2,1-3H3. The van der Waals surface area contributed by atoms with Gasteiger partial charge in [0, 0.05) is 26.2 Å². The Morgan fingerprint density at radius 1 is 1.21 bits per heavy atom. The van der Waals surface area contributed by atoms with Gasteiger partial charge in [-0.3, -0.25) is 0 Å². The maximum atomic E-state index is 9.50. The van der Waals surface area contributed by atoms with Crippen molar-refractivity contribution in [2.24, 2.45) is 0 Å². The fraction of sp³-hybridized carbons (Fsp3) is 0.556. The van der Waals surface area contributed by atoms with E-state index in [-0.39, 0.29) is 5.75 Å². The molecule has 0 spiro atoms. The lowest BCUT2D eigenvalue weighted by Gasteiger charge is -2.21. The summed E-state index contributed by atoms with van der Waals surface area (Å²) < 4.78 is 7.74. The van der Waals surface area contributed by atoms with E-state index in [2.05, 4.69) is 19.6 Å². The second-order valence-corrected chi connectivity index (χ2v) is 13.4. The summed E-state index contributed by atoms with van der Waals surface area (Å²) in [5.41, 5.74) is 0.958. The Hall–Kier alpha value is -1.66. The molecule has 6 heteroatoms. The van der Waals surface area contributed by atoms with Crippen LogP contribution in [0.2, 0.25) is 25.7 Å². The molecule has 0 radical (unpaired) electrons. The number of aromatic nitrogens is 3. The topological polar surface area (TPSA) is 60.2 Å². The molecular formula is C18H27N3O2Si. The molecular weight excluding hydrogens is 318 g/mol. The summed E-state index contributed by atoms with van der Waals surface area (Å²) in [5, 5.41) is 14.2. The van der Waals surface area contributed by atoms with Crippen LogP contribution in [0.15, 0.2) is 24.3 Å². The van der Waals surface area contributed by atoms with Crippen LogP contribution in [-0.2, 0) is 11.5 Å². The molecule has 24 heavy (non-hydrogen) atoms. The Balaban J connectivity index is 1.75. The lowest BCUT2D eigenvalue weighted by atomic mass is 9.85. The van der Waals surface area contributed by atoms with Crippen molar-refractivity contribution in [1.29, 1.82) is 0 Å². The van der Waals surface area contributed by atoms with Gasteiger partial charge in [-0.15, -0.1) is 0 Å². The average molecular weight is 346 g/mol. The molecule has 5 nitrogen and oxygen atoms in total. The van der Waals surface area contributed by atoms with Crippen molar-refractivity contribution in [1.82, 2.24) is 14.8 Å². The highest BCUT2D eigenvalue weighted by molar-refractivity contribution is 6.76. The van der Waals surface area contributed by atoms with Gasteiger partial charge in [0.05, 0.1) is 0 Å². The van der Waals surface area contributed by atoms with E-state index in [1.165, 1.54) is 19.3 Å². The summed E-state index contributed by atoms with van der Waals surface area (Å²) in [6.07, 6.45) is 3.62. The van der Waals surface area contributed by atoms with Gasteiger partial charge in [0.1, 0.15) is 12.5 Å². The Kier molecular flexibility index (Phi) is 5.06. The zero-order chi connectivity index (χ0) is 17.2. The molecule has 1 fully saturated rings. The normalized spacial score (nSPS) is 15.5. The number of phenols is 1. The zero-order valence-electron chi connectivity index (χ0n) is 14.8. The third kappa shape index (κ3) is 4.24. The SMILES string of the molecule is C[Si](C)(C)CCOCn1nc(C2CCC2)nc1-c1ccc(O)cc1. The van der Waals surface area contributed by atoms with Gasteiger partial charge in [0.2, 0.25) is 0 Å². The Labute approximate surface area is 144 Å². The molecule has 3 rings (SSSR count). The van der Waals surface area contributed by atoms with Crippen LogP contribution < -0.4 is 0 Å². The van der Waals surface area contributed by atoms with E-state index < -0.39 is 8.07 Å². The van der Waals surface area contributed by atoms with Crippen molar-refractivity contribution < 1.29 is 9.84 Å². The van der Waals surface area contributed by atoms with E-state index in [1.807, 2.05) is 16.8 Å². The van der Waals surface area contributed by atoms with E-state index in [9.17, 15) is 5.11 Å². The number of hydrogen-bond acceptors (Lipinski definition) is 4. The summed E-state index contributed by atoms with van der Waals surface area (Å²) >= 11 is 0. The van der Waals surface area contributed by atoms with Crippen LogP contribution in [0.25, 0.3) is 11.4 Å². The van der Waals surface area contributed by atoms with Crippen molar-refractivity contribution in [3.8, 4) is 17.1 Å². The van der Waals surface area contributed by atoms with E-state index in [0.717, 1.165) is 29.9 Å². The average Bonchev–Trinajstić information content (AvgIpc) is 2.85. The van der Waals surface area contributed by atoms with Gasteiger partial charge in [-0.1, -0.05) is 26.1 Å². The van der Waals surface area contributed by atoms with Crippen LogP contribution in [0, 0.1) is 0 Å². The number of rotatable bonds is 7. The van der Waals surface area contributed by atoms with Crippen LogP contribution >= 0.6 is 0 Å². The Morgan fingerprint density at radius 3 is 2.50 bits per heavy atom. The third-order valence-corrected chi connectivity index (χ3v) is 6.20. The lowest BCUT2D eigenvalue weighted by molar-refractivity contribution is 0.0791.